The molecule has 1 aliphatic rings. The Morgan fingerprint density at radius 3 is 2.65 bits per heavy atom. The Hall–Kier alpha value is -1.34. The van der Waals surface area contributed by atoms with Gasteiger partial charge in [0.05, 0.1) is 17.0 Å². The third kappa shape index (κ3) is 3.83. The number of carbonyl (C=O) groups is 1. The summed E-state index contributed by atoms with van der Waals surface area (Å²) >= 11 is 5.64. The number of anilines is 1. The van der Waals surface area contributed by atoms with E-state index in [-0.39, 0.29) is 23.3 Å². The average molecular weight is 321 g/mol. The summed E-state index contributed by atoms with van der Waals surface area (Å²) in [6.07, 6.45) is 2.80. The average Bonchev–Trinajstić information content (AvgIpc) is 3.12. The number of amides is 1. The summed E-state index contributed by atoms with van der Waals surface area (Å²) in [6, 6.07) is 3.66. The predicted octanol–water partition coefficient (Wildman–Crippen LogP) is 1.52. The Morgan fingerprint density at radius 1 is 1.50 bits per heavy atom. The van der Waals surface area contributed by atoms with E-state index in [2.05, 4.69) is 5.32 Å². The highest BCUT2D eigenvalue weighted by atomic mass is 35.5. The molecule has 2 rings (SSSR count). The summed E-state index contributed by atoms with van der Waals surface area (Å²) in [5.41, 5.74) is 0.157. The number of hydrogen-bond donors (Lipinski definition) is 1. The zero-order chi connectivity index (χ0) is 14.9. The standard InChI is InChI=1S/C12H14ClFN2O3S/c1-20(18,19)16(7-12(17)15-8-2-3-8)9-4-5-11(14)10(13)6-9/h4-6,8H,2-3,7H2,1H3,(H,15,17). The van der Waals surface area contributed by atoms with Gasteiger partial charge < -0.3 is 5.32 Å². The second-order valence-electron chi connectivity index (χ2n) is 4.71. The smallest absolute Gasteiger partial charge is 0.240 e. The number of sulfonamides is 1. The molecule has 0 heterocycles. The molecular weight excluding hydrogens is 307 g/mol. The van der Waals surface area contributed by atoms with Crippen LogP contribution >= 0.6 is 11.6 Å². The molecule has 0 aliphatic heterocycles. The van der Waals surface area contributed by atoms with Crippen LogP contribution in [0, 0.1) is 5.82 Å². The van der Waals surface area contributed by atoms with Crippen LogP contribution in [0.3, 0.4) is 0 Å². The molecule has 0 atom stereocenters. The number of rotatable bonds is 5. The quantitative estimate of drug-likeness (QED) is 0.894. The van der Waals surface area contributed by atoms with Crippen LogP contribution in [0.1, 0.15) is 12.8 Å². The lowest BCUT2D eigenvalue weighted by Gasteiger charge is -2.22. The van der Waals surface area contributed by atoms with E-state index in [1.807, 2.05) is 0 Å². The number of nitrogens with one attached hydrogen (secondary N) is 1. The zero-order valence-electron chi connectivity index (χ0n) is 10.8. The molecule has 1 fully saturated rings. The predicted molar refractivity (Wildman–Crippen MR) is 74.8 cm³/mol. The minimum atomic E-state index is -3.67. The lowest BCUT2D eigenvalue weighted by Crippen LogP contribution is -2.41. The Morgan fingerprint density at radius 2 is 2.15 bits per heavy atom. The third-order valence-electron chi connectivity index (χ3n) is 2.82. The van der Waals surface area contributed by atoms with Crippen LogP contribution < -0.4 is 9.62 Å². The maximum Gasteiger partial charge on any atom is 0.240 e. The van der Waals surface area contributed by atoms with Crippen molar-refractivity contribution in [3.8, 4) is 0 Å². The van der Waals surface area contributed by atoms with Crippen molar-refractivity contribution in [1.82, 2.24) is 5.32 Å². The third-order valence-corrected chi connectivity index (χ3v) is 4.25. The van der Waals surface area contributed by atoms with Crippen LogP contribution in [0.15, 0.2) is 18.2 Å². The van der Waals surface area contributed by atoms with Crippen LogP contribution in [-0.4, -0.2) is 33.2 Å². The molecule has 5 nitrogen and oxygen atoms in total. The van der Waals surface area contributed by atoms with E-state index in [1.165, 1.54) is 12.1 Å². The first-order chi connectivity index (χ1) is 9.27. The van der Waals surface area contributed by atoms with Gasteiger partial charge in [-0.25, -0.2) is 12.8 Å². The maximum absolute atomic E-state index is 13.1. The molecule has 0 aromatic heterocycles. The first-order valence-corrected chi connectivity index (χ1v) is 8.22. The van der Waals surface area contributed by atoms with Crippen molar-refractivity contribution in [3.63, 3.8) is 0 Å². The van der Waals surface area contributed by atoms with Gasteiger partial charge in [-0.3, -0.25) is 9.10 Å². The van der Waals surface area contributed by atoms with E-state index >= 15 is 0 Å². The summed E-state index contributed by atoms with van der Waals surface area (Å²) in [5, 5.41) is 2.50. The van der Waals surface area contributed by atoms with E-state index < -0.39 is 21.7 Å². The molecule has 8 heteroatoms. The summed E-state index contributed by atoms with van der Waals surface area (Å²) in [4.78, 5) is 11.8. The Kier molecular flexibility index (Phi) is 4.19. The fourth-order valence-corrected chi connectivity index (χ4v) is 2.69. The van der Waals surface area contributed by atoms with Crippen molar-refractivity contribution in [2.45, 2.75) is 18.9 Å². The minimum Gasteiger partial charge on any atom is -0.352 e. The van der Waals surface area contributed by atoms with Crippen molar-refractivity contribution < 1.29 is 17.6 Å². The van der Waals surface area contributed by atoms with Crippen LogP contribution in [0.5, 0.6) is 0 Å². The molecule has 110 valence electrons. The molecule has 0 saturated heterocycles. The molecular formula is C12H14ClFN2O3S. The fraction of sp³-hybridized carbons (Fsp3) is 0.417. The van der Waals surface area contributed by atoms with Crippen molar-refractivity contribution in [2.75, 3.05) is 17.1 Å². The molecule has 1 aromatic rings. The van der Waals surface area contributed by atoms with E-state index in [4.69, 9.17) is 11.6 Å². The van der Waals surface area contributed by atoms with Crippen LogP contribution in [-0.2, 0) is 14.8 Å². The van der Waals surface area contributed by atoms with Gasteiger partial charge in [0.1, 0.15) is 12.4 Å². The molecule has 1 aliphatic carbocycles. The van der Waals surface area contributed by atoms with Gasteiger partial charge in [0, 0.05) is 6.04 Å². The second-order valence-corrected chi connectivity index (χ2v) is 7.02. The first-order valence-electron chi connectivity index (χ1n) is 5.99. The molecule has 0 spiro atoms. The topological polar surface area (TPSA) is 66.5 Å². The molecule has 0 bridgehead atoms. The van der Waals surface area contributed by atoms with Gasteiger partial charge >= 0.3 is 0 Å². The molecule has 1 N–H and O–H groups in total. The normalized spacial score (nSPS) is 14.9. The van der Waals surface area contributed by atoms with Gasteiger partial charge in [-0.1, -0.05) is 11.6 Å². The second kappa shape index (κ2) is 5.57. The summed E-state index contributed by atoms with van der Waals surface area (Å²) in [5.74, 6) is -1.04. The van der Waals surface area contributed by atoms with Gasteiger partial charge in [0.15, 0.2) is 0 Å². The van der Waals surface area contributed by atoms with Crippen molar-refractivity contribution in [3.05, 3.63) is 29.0 Å². The number of halogens is 2. The SMILES string of the molecule is CS(=O)(=O)N(CC(=O)NC1CC1)c1ccc(F)c(Cl)c1. The van der Waals surface area contributed by atoms with Crippen LogP contribution in [0.2, 0.25) is 5.02 Å². The molecule has 20 heavy (non-hydrogen) atoms. The molecule has 1 aromatic carbocycles. The minimum absolute atomic E-state index is 0.140. The summed E-state index contributed by atoms with van der Waals surface area (Å²) < 4.78 is 37.6. The molecule has 0 unspecified atom stereocenters. The highest BCUT2D eigenvalue weighted by molar-refractivity contribution is 7.92. The molecule has 0 radical (unpaired) electrons. The molecule has 1 saturated carbocycles. The number of carbonyl (C=O) groups excluding carboxylic acids is 1. The Balaban J connectivity index is 2.22. The zero-order valence-corrected chi connectivity index (χ0v) is 12.3. The van der Waals surface area contributed by atoms with Crippen molar-refractivity contribution in [1.29, 1.82) is 0 Å². The summed E-state index contributed by atoms with van der Waals surface area (Å²) in [7, 11) is -3.67. The van der Waals surface area contributed by atoms with E-state index in [1.54, 1.807) is 0 Å². The van der Waals surface area contributed by atoms with Crippen LogP contribution in [0.25, 0.3) is 0 Å². The lowest BCUT2D eigenvalue weighted by atomic mass is 10.3. The van der Waals surface area contributed by atoms with E-state index in [0.29, 0.717) is 0 Å². The highest BCUT2D eigenvalue weighted by Crippen LogP contribution is 2.24. The fourth-order valence-electron chi connectivity index (χ4n) is 1.67. The van der Waals surface area contributed by atoms with Gasteiger partial charge in [0.2, 0.25) is 15.9 Å². The van der Waals surface area contributed by atoms with Gasteiger partial charge in [-0.2, -0.15) is 0 Å². The number of nitrogens with zero attached hydrogens (tertiary/aromatic N) is 1. The summed E-state index contributed by atoms with van der Waals surface area (Å²) in [6.45, 7) is -0.350. The monoisotopic (exact) mass is 320 g/mol. The highest BCUT2D eigenvalue weighted by Gasteiger charge is 2.26. The van der Waals surface area contributed by atoms with E-state index in [9.17, 15) is 17.6 Å². The largest absolute Gasteiger partial charge is 0.352 e. The van der Waals surface area contributed by atoms with Crippen molar-refractivity contribution >= 4 is 33.2 Å². The Labute approximate surface area is 121 Å². The van der Waals surface area contributed by atoms with Crippen LogP contribution in [0.4, 0.5) is 10.1 Å². The number of hydrogen-bond acceptors (Lipinski definition) is 3. The van der Waals surface area contributed by atoms with Gasteiger partial charge in [0.25, 0.3) is 0 Å². The maximum atomic E-state index is 13.1. The van der Waals surface area contributed by atoms with E-state index in [0.717, 1.165) is 29.5 Å². The van der Waals surface area contributed by atoms with Gasteiger partial charge in [-0.15, -0.1) is 0 Å². The number of benzene rings is 1. The molecule has 1 amide bonds. The van der Waals surface area contributed by atoms with Crippen molar-refractivity contribution in [2.24, 2.45) is 0 Å². The Bertz CT molecular complexity index is 632. The first kappa shape index (κ1) is 15.1. The van der Waals surface area contributed by atoms with Gasteiger partial charge in [-0.05, 0) is 31.0 Å². The lowest BCUT2D eigenvalue weighted by molar-refractivity contribution is -0.119.